The van der Waals surface area contributed by atoms with E-state index in [-0.39, 0.29) is 0 Å². The second-order valence-electron chi connectivity index (χ2n) is 4.81. The highest BCUT2D eigenvalue weighted by Crippen LogP contribution is 2.36. The van der Waals surface area contributed by atoms with Gasteiger partial charge in [0.15, 0.2) is 0 Å². The number of aryl methyl sites for hydroxylation is 2. The van der Waals surface area contributed by atoms with Crippen LogP contribution in [-0.4, -0.2) is 19.8 Å². The number of hydrogen-bond acceptors (Lipinski definition) is 3. The molecule has 2 rings (SSSR count). The van der Waals surface area contributed by atoms with Crippen LogP contribution in [-0.2, 0) is 4.74 Å². The van der Waals surface area contributed by atoms with Crippen LogP contribution in [0, 0.1) is 19.8 Å². The molecule has 2 nitrogen and oxygen atoms in total. The summed E-state index contributed by atoms with van der Waals surface area (Å²) in [7, 11) is 2.06. The monoisotopic (exact) mass is 239 g/mol. The highest BCUT2D eigenvalue weighted by molar-refractivity contribution is 7.12. The van der Waals surface area contributed by atoms with Gasteiger partial charge >= 0.3 is 0 Å². The van der Waals surface area contributed by atoms with Gasteiger partial charge < -0.3 is 10.1 Å². The maximum Gasteiger partial charge on any atom is 0.0551 e. The topological polar surface area (TPSA) is 21.3 Å². The minimum Gasteiger partial charge on any atom is -0.378 e. The molecule has 0 spiro atoms. The summed E-state index contributed by atoms with van der Waals surface area (Å²) in [5.74, 6) is 0.622. The predicted octanol–water partition coefficient (Wildman–Crippen LogP) is 3.05. The highest BCUT2D eigenvalue weighted by atomic mass is 32.1. The van der Waals surface area contributed by atoms with Crippen molar-refractivity contribution in [3.63, 3.8) is 0 Å². The van der Waals surface area contributed by atoms with Gasteiger partial charge in [-0.3, -0.25) is 0 Å². The van der Waals surface area contributed by atoms with E-state index in [1.54, 1.807) is 0 Å². The van der Waals surface area contributed by atoms with Gasteiger partial charge in [-0.15, -0.1) is 11.3 Å². The predicted molar refractivity (Wildman–Crippen MR) is 69.1 cm³/mol. The van der Waals surface area contributed by atoms with Crippen LogP contribution in [0.1, 0.15) is 34.7 Å². The molecule has 0 saturated carbocycles. The fourth-order valence-corrected chi connectivity index (χ4v) is 3.87. The van der Waals surface area contributed by atoms with Crippen molar-refractivity contribution in [1.82, 2.24) is 5.32 Å². The van der Waals surface area contributed by atoms with Crippen molar-refractivity contribution < 1.29 is 4.74 Å². The summed E-state index contributed by atoms with van der Waals surface area (Å²) in [5.41, 5.74) is 1.42. The van der Waals surface area contributed by atoms with Crippen molar-refractivity contribution in [1.29, 1.82) is 0 Å². The lowest BCUT2D eigenvalue weighted by molar-refractivity contribution is 0.117. The molecule has 1 aliphatic rings. The van der Waals surface area contributed by atoms with E-state index in [1.165, 1.54) is 21.7 Å². The first kappa shape index (κ1) is 12.1. The van der Waals surface area contributed by atoms with Crippen molar-refractivity contribution in [3.05, 3.63) is 21.4 Å². The molecule has 1 aromatic heterocycles. The van der Waals surface area contributed by atoms with E-state index in [1.807, 2.05) is 11.3 Å². The third kappa shape index (κ3) is 2.31. The van der Waals surface area contributed by atoms with Gasteiger partial charge in [0.1, 0.15) is 0 Å². The molecule has 0 amide bonds. The average molecular weight is 239 g/mol. The van der Waals surface area contributed by atoms with E-state index < -0.39 is 0 Å². The molecule has 2 heterocycles. The average Bonchev–Trinajstić information content (AvgIpc) is 2.76. The molecule has 1 saturated heterocycles. The van der Waals surface area contributed by atoms with Crippen LogP contribution in [0.25, 0.3) is 0 Å². The first-order valence-corrected chi connectivity index (χ1v) is 6.79. The zero-order valence-electron chi connectivity index (χ0n) is 10.5. The van der Waals surface area contributed by atoms with Gasteiger partial charge in [-0.1, -0.05) is 0 Å². The molecule has 16 heavy (non-hydrogen) atoms. The van der Waals surface area contributed by atoms with Gasteiger partial charge in [0.2, 0.25) is 0 Å². The Morgan fingerprint density at radius 3 is 2.69 bits per heavy atom. The largest absolute Gasteiger partial charge is 0.378 e. The molecule has 1 N–H and O–H groups in total. The van der Waals surface area contributed by atoms with Gasteiger partial charge in [-0.2, -0.15) is 0 Å². The summed E-state index contributed by atoms with van der Waals surface area (Å²) in [5, 5.41) is 3.47. The second kappa shape index (κ2) is 4.86. The van der Waals surface area contributed by atoms with Gasteiger partial charge in [0.05, 0.1) is 12.7 Å². The number of hydrogen-bond donors (Lipinski definition) is 1. The molecular weight excluding hydrogens is 218 g/mol. The standard InChI is InChI=1S/C13H21NOS/c1-8-5-10(3)16-13(8)12(14-4)11-6-9(2)15-7-11/h5,9,11-12,14H,6-7H2,1-4H3. The minimum absolute atomic E-state index is 0.419. The molecule has 90 valence electrons. The van der Waals surface area contributed by atoms with E-state index in [9.17, 15) is 0 Å². The van der Waals surface area contributed by atoms with Crippen molar-refractivity contribution in [2.24, 2.45) is 5.92 Å². The number of thiophene rings is 1. The van der Waals surface area contributed by atoms with E-state index in [4.69, 9.17) is 4.74 Å². The Kier molecular flexibility index (Phi) is 3.67. The minimum atomic E-state index is 0.419. The third-order valence-corrected chi connectivity index (χ3v) is 4.61. The van der Waals surface area contributed by atoms with Gasteiger partial charge in [0.25, 0.3) is 0 Å². The van der Waals surface area contributed by atoms with E-state index in [2.05, 4.69) is 39.2 Å². The first-order chi connectivity index (χ1) is 7.61. The van der Waals surface area contributed by atoms with E-state index >= 15 is 0 Å². The lowest BCUT2D eigenvalue weighted by Crippen LogP contribution is -2.25. The molecule has 3 unspecified atom stereocenters. The SMILES string of the molecule is CNC(c1sc(C)cc1C)C1COC(C)C1. The fourth-order valence-electron chi connectivity index (χ4n) is 2.63. The third-order valence-electron chi connectivity index (χ3n) is 3.37. The van der Waals surface area contributed by atoms with Crippen molar-refractivity contribution >= 4 is 11.3 Å². The molecule has 3 atom stereocenters. The van der Waals surface area contributed by atoms with Crippen molar-refractivity contribution in [2.45, 2.75) is 39.3 Å². The Hall–Kier alpha value is -0.380. The lowest BCUT2D eigenvalue weighted by Gasteiger charge is -2.21. The van der Waals surface area contributed by atoms with Crippen LogP contribution in [0.4, 0.5) is 0 Å². The zero-order valence-corrected chi connectivity index (χ0v) is 11.4. The molecule has 1 aromatic rings. The van der Waals surface area contributed by atoms with Gasteiger partial charge in [-0.05, 0) is 45.9 Å². The fraction of sp³-hybridized carbons (Fsp3) is 0.692. The van der Waals surface area contributed by atoms with Crippen molar-refractivity contribution in [2.75, 3.05) is 13.7 Å². The number of nitrogens with one attached hydrogen (secondary N) is 1. The summed E-state index contributed by atoms with van der Waals surface area (Å²) in [6.07, 6.45) is 1.59. The Labute approximate surface area is 102 Å². The molecule has 0 radical (unpaired) electrons. The van der Waals surface area contributed by atoms with E-state index in [0.29, 0.717) is 18.1 Å². The van der Waals surface area contributed by atoms with Crippen LogP contribution < -0.4 is 5.32 Å². The van der Waals surface area contributed by atoms with Gasteiger partial charge in [0, 0.05) is 21.7 Å². The van der Waals surface area contributed by atoms with Crippen LogP contribution in [0.15, 0.2) is 6.07 Å². The molecule has 3 heteroatoms. The van der Waals surface area contributed by atoms with Crippen LogP contribution >= 0.6 is 11.3 Å². The Bertz CT molecular complexity index is 361. The summed E-state index contributed by atoms with van der Waals surface area (Å²) < 4.78 is 5.68. The summed E-state index contributed by atoms with van der Waals surface area (Å²) in [6.45, 7) is 7.45. The Morgan fingerprint density at radius 1 is 1.50 bits per heavy atom. The van der Waals surface area contributed by atoms with Crippen LogP contribution in [0.5, 0.6) is 0 Å². The van der Waals surface area contributed by atoms with Crippen LogP contribution in [0.3, 0.4) is 0 Å². The van der Waals surface area contributed by atoms with Crippen molar-refractivity contribution in [3.8, 4) is 0 Å². The quantitative estimate of drug-likeness (QED) is 0.875. The number of rotatable bonds is 3. The molecule has 0 aliphatic carbocycles. The Balaban J connectivity index is 2.19. The zero-order chi connectivity index (χ0) is 11.7. The van der Waals surface area contributed by atoms with E-state index in [0.717, 1.165) is 6.61 Å². The normalized spacial score (nSPS) is 27.2. The maximum absolute atomic E-state index is 5.68. The summed E-state index contributed by atoms with van der Waals surface area (Å²) >= 11 is 1.92. The molecule has 0 aromatic carbocycles. The first-order valence-electron chi connectivity index (χ1n) is 5.97. The molecule has 0 bridgehead atoms. The smallest absolute Gasteiger partial charge is 0.0551 e. The summed E-state index contributed by atoms with van der Waals surface area (Å²) in [6, 6.07) is 2.74. The highest BCUT2D eigenvalue weighted by Gasteiger charge is 2.31. The number of ether oxygens (including phenoxy) is 1. The van der Waals surface area contributed by atoms with Gasteiger partial charge in [-0.25, -0.2) is 0 Å². The van der Waals surface area contributed by atoms with Crippen LogP contribution in [0.2, 0.25) is 0 Å². The maximum atomic E-state index is 5.68. The molecular formula is C13H21NOS. The summed E-state index contributed by atoms with van der Waals surface area (Å²) in [4.78, 5) is 2.89. The Morgan fingerprint density at radius 2 is 2.25 bits per heavy atom. The molecule has 1 fully saturated rings. The second-order valence-corrected chi connectivity index (χ2v) is 6.10. The molecule has 1 aliphatic heterocycles. The lowest BCUT2D eigenvalue weighted by atomic mass is 9.94.